The van der Waals surface area contributed by atoms with Crippen molar-refractivity contribution in [3.63, 3.8) is 0 Å². The number of carbonyl (C=O) groups is 2. The molecule has 4 nitrogen and oxygen atoms in total. The molecular weight excluding hydrogens is 351 g/mol. The molecule has 0 radical (unpaired) electrons. The number of thiophene rings is 1. The highest BCUT2D eigenvalue weighted by Gasteiger charge is 2.27. The van der Waals surface area contributed by atoms with Crippen LogP contribution in [0.1, 0.15) is 44.5 Å². The van der Waals surface area contributed by atoms with Crippen molar-refractivity contribution < 1.29 is 14.0 Å². The molecule has 1 heterocycles. The van der Waals surface area contributed by atoms with Crippen LogP contribution >= 0.6 is 22.9 Å². The second-order valence-electron chi connectivity index (χ2n) is 6.00. The van der Waals surface area contributed by atoms with E-state index in [0.29, 0.717) is 16.5 Å². The van der Waals surface area contributed by atoms with E-state index >= 15 is 0 Å². The quantitative estimate of drug-likeness (QED) is 0.861. The smallest absolute Gasteiger partial charge is 0.257 e. The van der Waals surface area contributed by atoms with Gasteiger partial charge in [-0.1, -0.05) is 18.5 Å². The van der Waals surface area contributed by atoms with E-state index < -0.39 is 17.6 Å². The fourth-order valence-electron chi connectivity index (χ4n) is 2.94. The Hall–Kier alpha value is -1.92. The summed E-state index contributed by atoms with van der Waals surface area (Å²) in [5.41, 5.74) is 6.99. The first-order valence-corrected chi connectivity index (χ1v) is 8.77. The highest BCUT2D eigenvalue weighted by Crippen LogP contribution is 2.39. The van der Waals surface area contributed by atoms with E-state index in [1.165, 1.54) is 17.4 Å². The van der Waals surface area contributed by atoms with Crippen LogP contribution in [0.3, 0.4) is 0 Å². The van der Waals surface area contributed by atoms with Crippen LogP contribution in [0.25, 0.3) is 0 Å². The summed E-state index contributed by atoms with van der Waals surface area (Å²) in [6.07, 6.45) is 2.63. The van der Waals surface area contributed by atoms with Gasteiger partial charge < -0.3 is 11.1 Å². The maximum absolute atomic E-state index is 13.1. The van der Waals surface area contributed by atoms with Crippen LogP contribution in [0.2, 0.25) is 5.02 Å². The molecule has 1 aromatic carbocycles. The Kier molecular flexibility index (Phi) is 4.60. The van der Waals surface area contributed by atoms with E-state index in [1.54, 1.807) is 0 Å². The topological polar surface area (TPSA) is 72.2 Å². The zero-order valence-corrected chi connectivity index (χ0v) is 14.6. The maximum atomic E-state index is 13.1. The molecule has 0 unspecified atom stereocenters. The number of primary amides is 1. The highest BCUT2D eigenvalue weighted by atomic mass is 35.5. The number of nitrogens with two attached hydrogens (primary N) is 1. The molecule has 0 bridgehead atoms. The molecule has 1 atom stereocenters. The molecule has 0 saturated heterocycles. The van der Waals surface area contributed by atoms with Crippen molar-refractivity contribution in [3.8, 4) is 0 Å². The van der Waals surface area contributed by atoms with Gasteiger partial charge >= 0.3 is 0 Å². The molecule has 7 heteroatoms. The van der Waals surface area contributed by atoms with Gasteiger partial charge in [0.2, 0.25) is 0 Å². The molecule has 0 saturated carbocycles. The summed E-state index contributed by atoms with van der Waals surface area (Å²) in [4.78, 5) is 25.4. The largest absolute Gasteiger partial charge is 0.365 e. The number of carbonyl (C=O) groups excluding carboxylic acids is 2. The van der Waals surface area contributed by atoms with E-state index in [2.05, 4.69) is 12.2 Å². The predicted octanol–water partition coefficient (Wildman–Crippen LogP) is 4.02. The second-order valence-corrected chi connectivity index (χ2v) is 7.51. The summed E-state index contributed by atoms with van der Waals surface area (Å²) in [7, 11) is 0. The standard InChI is InChI=1S/C17H16ClFN2O2S/c1-8-2-4-11-13(6-8)24-17(14(11)15(20)22)21-16(23)10-5-3-9(19)7-12(10)18/h3,5,7-8H,2,4,6H2,1H3,(H2,20,22)(H,21,23)/t8-/m1/s1. The van der Waals surface area contributed by atoms with Gasteiger partial charge in [0.1, 0.15) is 10.8 Å². The molecular formula is C17H16ClFN2O2S. The van der Waals surface area contributed by atoms with E-state index in [-0.39, 0.29) is 10.6 Å². The van der Waals surface area contributed by atoms with Crippen LogP contribution in [-0.4, -0.2) is 11.8 Å². The van der Waals surface area contributed by atoms with E-state index in [9.17, 15) is 14.0 Å². The summed E-state index contributed by atoms with van der Waals surface area (Å²) in [6, 6.07) is 3.55. The number of amides is 2. The Morgan fingerprint density at radius 3 is 2.83 bits per heavy atom. The molecule has 2 amide bonds. The Morgan fingerprint density at radius 1 is 1.42 bits per heavy atom. The first-order chi connectivity index (χ1) is 11.4. The Bertz CT molecular complexity index is 834. The lowest BCUT2D eigenvalue weighted by Gasteiger charge is -2.18. The fraction of sp³-hybridized carbons (Fsp3) is 0.294. The van der Waals surface area contributed by atoms with Crippen LogP contribution in [0.4, 0.5) is 9.39 Å². The highest BCUT2D eigenvalue weighted by molar-refractivity contribution is 7.17. The minimum atomic E-state index is -0.553. The molecule has 0 fully saturated rings. The third-order valence-corrected chi connectivity index (χ3v) is 5.64. The Labute approximate surface area is 147 Å². The molecule has 24 heavy (non-hydrogen) atoms. The Balaban J connectivity index is 1.95. The van der Waals surface area contributed by atoms with Gasteiger partial charge in [-0.25, -0.2) is 4.39 Å². The van der Waals surface area contributed by atoms with Crippen molar-refractivity contribution in [1.82, 2.24) is 0 Å². The van der Waals surface area contributed by atoms with Crippen LogP contribution in [0.15, 0.2) is 18.2 Å². The van der Waals surface area contributed by atoms with Crippen LogP contribution in [0.5, 0.6) is 0 Å². The van der Waals surface area contributed by atoms with E-state index in [1.807, 2.05) is 0 Å². The number of hydrogen-bond acceptors (Lipinski definition) is 3. The zero-order chi connectivity index (χ0) is 17.4. The average molecular weight is 367 g/mol. The normalized spacial score (nSPS) is 16.5. The average Bonchev–Trinajstić information content (AvgIpc) is 2.83. The van der Waals surface area contributed by atoms with Crippen LogP contribution in [-0.2, 0) is 12.8 Å². The maximum Gasteiger partial charge on any atom is 0.257 e. The summed E-state index contributed by atoms with van der Waals surface area (Å²) >= 11 is 7.30. The molecule has 3 rings (SSSR count). The second kappa shape index (κ2) is 6.53. The number of hydrogen-bond donors (Lipinski definition) is 2. The summed E-state index contributed by atoms with van der Waals surface area (Å²) in [5.74, 6) is -1.03. The fourth-order valence-corrected chi connectivity index (χ4v) is 4.61. The molecule has 1 aliphatic carbocycles. The third kappa shape index (κ3) is 3.16. The number of fused-ring (bicyclic) bond motifs is 1. The van der Waals surface area contributed by atoms with Crippen molar-refractivity contribution in [2.45, 2.75) is 26.2 Å². The van der Waals surface area contributed by atoms with Crippen molar-refractivity contribution in [1.29, 1.82) is 0 Å². The summed E-state index contributed by atoms with van der Waals surface area (Å²) in [6.45, 7) is 2.16. The molecule has 0 aliphatic heterocycles. The van der Waals surface area contributed by atoms with Gasteiger partial charge in [-0.15, -0.1) is 11.3 Å². The first kappa shape index (κ1) is 16.9. The monoisotopic (exact) mass is 366 g/mol. The number of halogens is 2. The van der Waals surface area contributed by atoms with Crippen molar-refractivity contribution >= 4 is 39.8 Å². The number of benzene rings is 1. The minimum Gasteiger partial charge on any atom is -0.365 e. The molecule has 126 valence electrons. The van der Waals surface area contributed by atoms with Crippen molar-refractivity contribution in [2.24, 2.45) is 11.7 Å². The minimum absolute atomic E-state index is 0.0167. The van der Waals surface area contributed by atoms with E-state index in [0.717, 1.165) is 41.8 Å². The zero-order valence-electron chi connectivity index (χ0n) is 13.0. The van der Waals surface area contributed by atoms with Gasteiger partial charge in [-0.05, 0) is 48.9 Å². The molecule has 1 aromatic heterocycles. The van der Waals surface area contributed by atoms with Crippen LogP contribution in [0, 0.1) is 11.7 Å². The molecule has 1 aliphatic rings. The lowest BCUT2D eigenvalue weighted by Crippen LogP contribution is -2.19. The number of rotatable bonds is 3. The van der Waals surface area contributed by atoms with Crippen molar-refractivity contribution in [2.75, 3.05) is 5.32 Å². The van der Waals surface area contributed by atoms with Crippen molar-refractivity contribution in [3.05, 3.63) is 50.6 Å². The predicted molar refractivity (Wildman–Crippen MR) is 93.4 cm³/mol. The first-order valence-electron chi connectivity index (χ1n) is 7.57. The Morgan fingerprint density at radius 2 is 2.17 bits per heavy atom. The number of nitrogens with one attached hydrogen (secondary N) is 1. The van der Waals surface area contributed by atoms with Gasteiger partial charge in [0.05, 0.1) is 16.1 Å². The lowest BCUT2D eigenvalue weighted by atomic mass is 9.88. The van der Waals surface area contributed by atoms with Gasteiger partial charge in [0.15, 0.2) is 0 Å². The van der Waals surface area contributed by atoms with Crippen LogP contribution < -0.4 is 11.1 Å². The van der Waals surface area contributed by atoms with Gasteiger partial charge in [0, 0.05) is 4.88 Å². The molecule has 3 N–H and O–H groups in total. The molecule has 0 spiro atoms. The van der Waals surface area contributed by atoms with Gasteiger partial charge in [-0.2, -0.15) is 0 Å². The van der Waals surface area contributed by atoms with E-state index in [4.69, 9.17) is 17.3 Å². The molecule has 2 aromatic rings. The van der Waals surface area contributed by atoms with Gasteiger partial charge in [-0.3, -0.25) is 9.59 Å². The summed E-state index contributed by atoms with van der Waals surface area (Å²) in [5, 5.41) is 3.17. The SMILES string of the molecule is C[C@@H]1CCc2c(sc(NC(=O)c3ccc(F)cc3Cl)c2C(N)=O)C1. The summed E-state index contributed by atoms with van der Waals surface area (Å²) < 4.78 is 13.1. The number of anilines is 1. The van der Waals surface area contributed by atoms with Gasteiger partial charge in [0.25, 0.3) is 11.8 Å². The lowest BCUT2D eigenvalue weighted by molar-refractivity contribution is 0.1000. The third-order valence-electron chi connectivity index (χ3n) is 4.16.